The van der Waals surface area contributed by atoms with Gasteiger partial charge in [-0.3, -0.25) is 0 Å². The van der Waals surface area contributed by atoms with E-state index < -0.39 is 18.1 Å². The fraction of sp³-hybridized carbons (Fsp3) is 0.273. The van der Waals surface area contributed by atoms with Gasteiger partial charge >= 0.3 is 12.5 Å². The molecule has 2 N–H and O–H groups in total. The monoisotopic (exact) mass is 527 g/mol. The number of halogens is 6. The Balaban J connectivity index is 1.53. The maximum Gasteiger partial charge on any atom is 0.573 e. The summed E-state index contributed by atoms with van der Waals surface area (Å²) < 4.78 is 85.3. The maximum atomic E-state index is 13.1. The summed E-state index contributed by atoms with van der Waals surface area (Å²) in [6.45, 7) is 1.86. The Morgan fingerprint density at radius 1 is 0.919 bits per heavy atom. The Hall–Kier alpha value is -4.14. The summed E-state index contributed by atoms with van der Waals surface area (Å²) in [6.07, 6.45) is -8.00. The van der Waals surface area contributed by atoms with Crippen molar-refractivity contribution >= 4 is 29.7 Å². The lowest BCUT2D eigenvalue weighted by Crippen LogP contribution is -2.37. The molecule has 0 aliphatic carbocycles. The number of alkyl halides is 6. The number of benzene rings is 2. The van der Waals surface area contributed by atoms with E-state index in [0.717, 1.165) is 24.3 Å². The number of nitrogens with zero attached hydrogens (tertiary/aromatic N) is 5. The molecule has 1 saturated heterocycles. The summed E-state index contributed by atoms with van der Waals surface area (Å²) in [5, 5.41) is 6.74. The van der Waals surface area contributed by atoms with Gasteiger partial charge in [0.1, 0.15) is 5.75 Å². The first-order valence-corrected chi connectivity index (χ1v) is 10.7. The van der Waals surface area contributed by atoms with E-state index in [1.165, 1.54) is 30.5 Å². The molecule has 0 spiro atoms. The van der Waals surface area contributed by atoms with Gasteiger partial charge in [-0.2, -0.15) is 33.2 Å². The molecule has 2 aromatic carbocycles. The van der Waals surface area contributed by atoms with E-state index in [2.05, 4.69) is 35.5 Å². The molecule has 1 aliphatic rings. The van der Waals surface area contributed by atoms with Gasteiger partial charge in [-0.05, 0) is 48.0 Å². The molecule has 1 fully saturated rings. The van der Waals surface area contributed by atoms with Crippen molar-refractivity contribution in [2.45, 2.75) is 12.5 Å². The molecule has 0 atom stereocenters. The lowest BCUT2D eigenvalue weighted by molar-refractivity contribution is -0.274. The molecule has 0 amide bonds. The van der Waals surface area contributed by atoms with Gasteiger partial charge in [-0.1, -0.05) is 6.07 Å². The Bertz CT molecular complexity index is 1230. The summed E-state index contributed by atoms with van der Waals surface area (Å²) in [5.74, 6) is -0.170. The Morgan fingerprint density at radius 2 is 1.62 bits per heavy atom. The van der Waals surface area contributed by atoms with Crippen molar-refractivity contribution < 1.29 is 35.8 Å². The molecule has 196 valence electrons. The van der Waals surface area contributed by atoms with Crippen LogP contribution in [0.15, 0.2) is 53.6 Å². The zero-order valence-electron chi connectivity index (χ0n) is 18.8. The lowest BCUT2D eigenvalue weighted by atomic mass is 10.2. The molecule has 1 aliphatic heterocycles. The second kappa shape index (κ2) is 10.9. The first kappa shape index (κ1) is 25.9. The largest absolute Gasteiger partial charge is 0.573 e. The lowest BCUT2D eigenvalue weighted by Gasteiger charge is -2.27. The van der Waals surface area contributed by atoms with E-state index in [1.807, 2.05) is 4.90 Å². The van der Waals surface area contributed by atoms with Crippen LogP contribution in [-0.2, 0) is 10.9 Å². The Kier molecular flexibility index (Phi) is 7.61. The molecule has 9 nitrogen and oxygen atoms in total. The number of rotatable bonds is 7. The van der Waals surface area contributed by atoms with E-state index in [4.69, 9.17) is 4.74 Å². The van der Waals surface area contributed by atoms with Crippen LogP contribution in [0.25, 0.3) is 0 Å². The molecule has 2 heterocycles. The Morgan fingerprint density at radius 3 is 2.30 bits per heavy atom. The molecule has 15 heteroatoms. The molecule has 0 radical (unpaired) electrons. The van der Waals surface area contributed by atoms with Gasteiger partial charge in [0.2, 0.25) is 17.8 Å². The standard InChI is InChI=1S/C22H19F6N7O2/c23-21(24,25)15-2-1-3-16(12-15)30-18-31-19(33-20(32-18)35-8-10-36-11-9-35)34-29-13-14-4-6-17(7-5-14)37-22(26,27)28/h1-7,12-13H,8-11H2,(H2,30,31,32,33,34)/b29-13+. The molecular weight excluding hydrogens is 508 g/mol. The van der Waals surface area contributed by atoms with E-state index in [1.54, 1.807) is 0 Å². The number of ether oxygens (including phenoxy) is 2. The van der Waals surface area contributed by atoms with Crippen LogP contribution in [0.1, 0.15) is 11.1 Å². The third kappa shape index (κ3) is 7.67. The summed E-state index contributed by atoms with van der Waals surface area (Å²) >= 11 is 0. The fourth-order valence-electron chi connectivity index (χ4n) is 3.20. The topological polar surface area (TPSA) is 96.8 Å². The minimum Gasteiger partial charge on any atom is -0.406 e. The van der Waals surface area contributed by atoms with Gasteiger partial charge < -0.3 is 19.7 Å². The van der Waals surface area contributed by atoms with Gasteiger partial charge in [0.15, 0.2) is 0 Å². The van der Waals surface area contributed by atoms with E-state index in [-0.39, 0.29) is 29.3 Å². The summed E-state index contributed by atoms with van der Waals surface area (Å²) in [7, 11) is 0. The van der Waals surface area contributed by atoms with Crippen molar-refractivity contribution in [3.05, 3.63) is 59.7 Å². The fourth-order valence-corrected chi connectivity index (χ4v) is 3.20. The van der Waals surface area contributed by atoms with E-state index >= 15 is 0 Å². The number of hydrogen-bond donors (Lipinski definition) is 2. The second-order valence-corrected chi connectivity index (χ2v) is 7.57. The van der Waals surface area contributed by atoms with Gasteiger partial charge in [0.25, 0.3) is 0 Å². The second-order valence-electron chi connectivity index (χ2n) is 7.57. The van der Waals surface area contributed by atoms with Crippen LogP contribution in [0.5, 0.6) is 5.75 Å². The molecule has 0 bridgehead atoms. The zero-order valence-corrected chi connectivity index (χ0v) is 18.8. The van der Waals surface area contributed by atoms with Crippen molar-refractivity contribution in [2.75, 3.05) is 41.9 Å². The van der Waals surface area contributed by atoms with Crippen LogP contribution >= 0.6 is 0 Å². The van der Waals surface area contributed by atoms with Crippen LogP contribution in [0, 0.1) is 0 Å². The number of aromatic nitrogens is 3. The zero-order chi connectivity index (χ0) is 26.5. The van der Waals surface area contributed by atoms with E-state index in [0.29, 0.717) is 31.9 Å². The molecule has 3 aromatic rings. The van der Waals surface area contributed by atoms with Gasteiger partial charge in [0, 0.05) is 18.8 Å². The van der Waals surface area contributed by atoms with Gasteiger partial charge in [-0.25, -0.2) is 5.43 Å². The average molecular weight is 527 g/mol. The quantitative estimate of drug-likeness (QED) is 0.257. The smallest absolute Gasteiger partial charge is 0.406 e. The maximum absolute atomic E-state index is 13.1. The van der Waals surface area contributed by atoms with Crippen molar-refractivity contribution in [3.63, 3.8) is 0 Å². The Labute approximate surface area is 206 Å². The van der Waals surface area contributed by atoms with Crippen molar-refractivity contribution in [1.82, 2.24) is 15.0 Å². The van der Waals surface area contributed by atoms with Crippen LogP contribution in [0.3, 0.4) is 0 Å². The minimum absolute atomic E-state index is 0.0146. The summed E-state index contributed by atoms with van der Waals surface area (Å²) in [5.41, 5.74) is 2.33. The van der Waals surface area contributed by atoms with Crippen LogP contribution in [0.4, 0.5) is 49.9 Å². The number of hydrogen-bond acceptors (Lipinski definition) is 9. The molecule has 37 heavy (non-hydrogen) atoms. The molecule has 0 saturated carbocycles. The van der Waals surface area contributed by atoms with Crippen LogP contribution in [-0.4, -0.2) is 53.8 Å². The predicted molar refractivity (Wildman–Crippen MR) is 122 cm³/mol. The number of morpholine rings is 1. The van der Waals surface area contributed by atoms with Crippen LogP contribution < -0.4 is 20.4 Å². The van der Waals surface area contributed by atoms with Crippen molar-refractivity contribution in [3.8, 4) is 5.75 Å². The van der Waals surface area contributed by atoms with Crippen molar-refractivity contribution in [1.29, 1.82) is 0 Å². The third-order valence-electron chi connectivity index (χ3n) is 4.86. The highest BCUT2D eigenvalue weighted by atomic mass is 19.4. The molecule has 0 unspecified atom stereocenters. The van der Waals surface area contributed by atoms with Gasteiger partial charge in [0.05, 0.1) is 25.0 Å². The highest BCUT2D eigenvalue weighted by molar-refractivity contribution is 5.80. The summed E-state index contributed by atoms with van der Waals surface area (Å²) in [6, 6.07) is 9.54. The number of hydrazone groups is 1. The highest BCUT2D eigenvalue weighted by Gasteiger charge is 2.31. The van der Waals surface area contributed by atoms with E-state index in [9.17, 15) is 26.3 Å². The molecular formula is C22H19F6N7O2. The minimum atomic E-state index is -4.80. The number of anilines is 4. The van der Waals surface area contributed by atoms with Crippen LogP contribution in [0.2, 0.25) is 0 Å². The predicted octanol–water partition coefficient (Wildman–Crippen LogP) is 4.82. The first-order valence-electron chi connectivity index (χ1n) is 10.7. The average Bonchev–Trinajstić information content (AvgIpc) is 2.84. The third-order valence-corrected chi connectivity index (χ3v) is 4.86. The highest BCUT2D eigenvalue weighted by Crippen LogP contribution is 2.31. The summed E-state index contributed by atoms with van der Waals surface area (Å²) in [4.78, 5) is 14.6. The molecule has 1 aromatic heterocycles. The normalized spacial score (nSPS) is 14.6. The molecule has 4 rings (SSSR count). The van der Waals surface area contributed by atoms with Crippen molar-refractivity contribution in [2.24, 2.45) is 5.10 Å². The van der Waals surface area contributed by atoms with Gasteiger partial charge in [-0.15, -0.1) is 13.2 Å². The number of nitrogens with one attached hydrogen (secondary N) is 2. The SMILES string of the molecule is FC(F)(F)Oc1ccc(/C=N/Nc2nc(Nc3cccc(C(F)(F)F)c3)nc(N3CCOCC3)n2)cc1. The first-order chi connectivity index (χ1) is 17.5.